The third-order valence-electron chi connectivity index (χ3n) is 6.60. The smallest absolute Gasteiger partial charge is 0.287 e. The number of H-pyrrole nitrogens is 1. The Kier molecular flexibility index (Phi) is 6.46. The first kappa shape index (κ1) is 22.4. The summed E-state index contributed by atoms with van der Waals surface area (Å²) in [6.45, 7) is 3.08. The second kappa shape index (κ2) is 9.82. The maximum absolute atomic E-state index is 13.7. The molecule has 2 aromatic carbocycles. The molecule has 0 radical (unpaired) electrons. The van der Waals surface area contributed by atoms with Crippen molar-refractivity contribution in [3.05, 3.63) is 78.6 Å². The van der Waals surface area contributed by atoms with Gasteiger partial charge in [0.15, 0.2) is 5.82 Å². The number of aliphatic hydroxyl groups is 1. The Morgan fingerprint density at radius 1 is 1.12 bits per heavy atom. The maximum Gasteiger partial charge on any atom is 0.287 e. The number of benzene rings is 2. The van der Waals surface area contributed by atoms with Crippen LogP contribution in [0.5, 0.6) is 5.75 Å². The first-order valence-electron chi connectivity index (χ1n) is 11.5. The fraction of sp³-hybridized carbons (Fsp3) is 0.360. The first-order valence-corrected chi connectivity index (χ1v) is 11.5. The number of halogens is 1. The Labute approximate surface area is 197 Å². The van der Waals surface area contributed by atoms with E-state index >= 15 is 0 Å². The molecule has 1 saturated heterocycles. The molecule has 0 spiro atoms. The van der Waals surface area contributed by atoms with E-state index in [-0.39, 0.29) is 23.8 Å². The summed E-state index contributed by atoms with van der Waals surface area (Å²) in [5.74, 6) is -0.158. The van der Waals surface area contributed by atoms with E-state index in [0.717, 1.165) is 26.2 Å². The Morgan fingerprint density at radius 3 is 2.62 bits per heavy atom. The normalized spacial score (nSPS) is 25.3. The molecule has 1 amide bonds. The summed E-state index contributed by atoms with van der Waals surface area (Å²) in [4.78, 5) is 24.1. The van der Waals surface area contributed by atoms with Crippen LogP contribution in [0.3, 0.4) is 0 Å². The van der Waals surface area contributed by atoms with E-state index in [9.17, 15) is 14.3 Å². The number of hydrogen-bond acceptors (Lipinski definition) is 6. The number of para-hydroxylation sites is 1. The molecule has 178 valence electrons. The summed E-state index contributed by atoms with van der Waals surface area (Å²) < 4.78 is 19.6. The van der Waals surface area contributed by atoms with Gasteiger partial charge in [0.1, 0.15) is 23.8 Å². The van der Waals surface area contributed by atoms with Gasteiger partial charge < -0.3 is 25.0 Å². The summed E-state index contributed by atoms with van der Waals surface area (Å²) in [6, 6.07) is 15.4. The molecule has 1 aliphatic heterocycles. The van der Waals surface area contributed by atoms with E-state index in [0.29, 0.717) is 12.2 Å². The molecule has 0 bridgehead atoms. The van der Waals surface area contributed by atoms with Crippen LogP contribution in [0.25, 0.3) is 0 Å². The van der Waals surface area contributed by atoms with Gasteiger partial charge in [0.25, 0.3) is 5.91 Å². The van der Waals surface area contributed by atoms with Crippen molar-refractivity contribution in [2.24, 2.45) is 0 Å². The Morgan fingerprint density at radius 2 is 1.91 bits per heavy atom. The SMILES string of the molecule is O=C(N[C@@H]1C[C@@H](Oc2cccc(F)c2)[C@H](O)[C@H]1N1CCN(c2ccccc2)CC1)c1ncc[nH]1. The lowest BCUT2D eigenvalue weighted by Crippen LogP contribution is -2.59. The van der Waals surface area contributed by atoms with Gasteiger partial charge in [-0.15, -0.1) is 0 Å². The summed E-state index contributed by atoms with van der Waals surface area (Å²) in [5, 5.41) is 14.3. The van der Waals surface area contributed by atoms with Gasteiger partial charge >= 0.3 is 0 Å². The molecule has 5 rings (SSSR count). The Bertz CT molecular complexity index is 1090. The average molecular weight is 466 g/mol. The molecule has 2 aliphatic rings. The van der Waals surface area contributed by atoms with Crippen molar-refractivity contribution >= 4 is 11.6 Å². The highest BCUT2D eigenvalue weighted by Gasteiger charge is 2.48. The number of ether oxygens (including phenoxy) is 1. The number of aliphatic hydroxyl groups excluding tert-OH is 1. The largest absolute Gasteiger partial charge is 0.487 e. The zero-order valence-electron chi connectivity index (χ0n) is 18.7. The molecule has 1 aromatic heterocycles. The number of piperazine rings is 1. The van der Waals surface area contributed by atoms with E-state index < -0.39 is 18.0 Å². The number of rotatable bonds is 6. The number of carbonyl (C=O) groups excluding carboxylic acids is 1. The minimum atomic E-state index is -0.853. The van der Waals surface area contributed by atoms with Gasteiger partial charge in [0, 0.05) is 56.7 Å². The third-order valence-corrected chi connectivity index (χ3v) is 6.60. The molecular formula is C25H28FN5O3. The van der Waals surface area contributed by atoms with E-state index in [4.69, 9.17) is 4.74 Å². The number of hydrogen-bond donors (Lipinski definition) is 3. The summed E-state index contributed by atoms with van der Waals surface area (Å²) in [5.41, 5.74) is 1.17. The van der Waals surface area contributed by atoms with E-state index in [1.165, 1.54) is 24.0 Å². The Balaban J connectivity index is 1.32. The Hall–Kier alpha value is -3.43. The number of nitrogens with one attached hydrogen (secondary N) is 2. The van der Waals surface area contributed by atoms with Crippen molar-refractivity contribution in [3.8, 4) is 5.75 Å². The van der Waals surface area contributed by atoms with Gasteiger partial charge in [0.05, 0.1) is 12.1 Å². The zero-order valence-corrected chi connectivity index (χ0v) is 18.7. The predicted octanol–water partition coefficient (Wildman–Crippen LogP) is 2.05. The van der Waals surface area contributed by atoms with Crippen molar-refractivity contribution in [1.29, 1.82) is 0 Å². The number of nitrogens with zero attached hydrogens (tertiary/aromatic N) is 3. The first-order chi connectivity index (χ1) is 16.6. The topological polar surface area (TPSA) is 93.7 Å². The van der Waals surface area contributed by atoms with Gasteiger partial charge in [-0.3, -0.25) is 9.69 Å². The summed E-state index contributed by atoms with van der Waals surface area (Å²) in [6.07, 6.45) is 2.07. The second-order valence-electron chi connectivity index (χ2n) is 8.71. The second-order valence-corrected chi connectivity index (χ2v) is 8.71. The number of aromatic nitrogens is 2. The molecule has 4 atom stereocenters. The summed E-state index contributed by atoms with van der Waals surface area (Å²) in [7, 11) is 0. The maximum atomic E-state index is 13.7. The van der Waals surface area contributed by atoms with Crippen LogP contribution < -0.4 is 15.0 Å². The number of imidazole rings is 1. The predicted molar refractivity (Wildman–Crippen MR) is 125 cm³/mol. The average Bonchev–Trinajstić information content (AvgIpc) is 3.49. The van der Waals surface area contributed by atoms with Crippen molar-refractivity contribution in [3.63, 3.8) is 0 Å². The fourth-order valence-corrected chi connectivity index (χ4v) is 4.98. The lowest BCUT2D eigenvalue weighted by Gasteiger charge is -2.42. The molecule has 1 saturated carbocycles. The minimum Gasteiger partial charge on any atom is -0.487 e. The van der Waals surface area contributed by atoms with Crippen LogP contribution in [-0.2, 0) is 0 Å². The molecule has 3 N–H and O–H groups in total. The summed E-state index contributed by atoms with van der Waals surface area (Å²) >= 11 is 0. The molecular weight excluding hydrogens is 437 g/mol. The van der Waals surface area contributed by atoms with Gasteiger partial charge in [-0.05, 0) is 24.3 Å². The van der Waals surface area contributed by atoms with Crippen molar-refractivity contribution < 1.29 is 19.0 Å². The highest BCUT2D eigenvalue weighted by molar-refractivity contribution is 5.90. The van der Waals surface area contributed by atoms with Crippen LogP contribution in [0, 0.1) is 5.82 Å². The van der Waals surface area contributed by atoms with Crippen LogP contribution in [-0.4, -0.2) is 76.4 Å². The van der Waals surface area contributed by atoms with Crippen LogP contribution in [0.4, 0.5) is 10.1 Å². The van der Waals surface area contributed by atoms with Gasteiger partial charge in [-0.1, -0.05) is 24.3 Å². The van der Waals surface area contributed by atoms with Gasteiger partial charge in [0.2, 0.25) is 0 Å². The van der Waals surface area contributed by atoms with Crippen molar-refractivity contribution in [2.75, 3.05) is 31.1 Å². The molecule has 1 aliphatic carbocycles. The van der Waals surface area contributed by atoms with Crippen molar-refractivity contribution in [2.45, 2.75) is 30.7 Å². The number of anilines is 1. The minimum absolute atomic E-state index is 0.219. The van der Waals surface area contributed by atoms with Gasteiger partial charge in [-0.2, -0.15) is 0 Å². The standard InChI is InChI=1S/C25H28FN5O3/c26-17-5-4-8-19(15-17)34-21-16-20(29-25(33)24-27-9-10-28-24)22(23(21)32)31-13-11-30(12-14-31)18-6-2-1-3-7-18/h1-10,15,20-23,32H,11-14,16H2,(H,27,28)(H,29,33)/t20-,21-,22+,23+/m1/s1. The number of aromatic amines is 1. The van der Waals surface area contributed by atoms with Gasteiger partial charge in [-0.25, -0.2) is 9.37 Å². The van der Waals surface area contributed by atoms with Crippen LogP contribution in [0.1, 0.15) is 17.0 Å². The monoisotopic (exact) mass is 465 g/mol. The third kappa shape index (κ3) is 4.76. The molecule has 2 fully saturated rings. The highest BCUT2D eigenvalue weighted by Crippen LogP contribution is 2.31. The van der Waals surface area contributed by atoms with Crippen LogP contribution in [0.15, 0.2) is 67.0 Å². The molecule has 3 aromatic rings. The zero-order chi connectivity index (χ0) is 23.5. The number of carbonyl (C=O) groups is 1. The van der Waals surface area contributed by atoms with Crippen LogP contribution in [0.2, 0.25) is 0 Å². The molecule has 2 heterocycles. The molecule has 0 unspecified atom stereocenters. The fourth-order valence-electron chi connectivity index (χ4n) is 4.98. The molecule has 9 heteroatoms. The molecule has 34 heavy (non-hydrogen) atoms. The van der Waals surface area contributed by atoms with E-state index in [2.05, 4.69) is 37.2 Å². The lowest BCUT2D eigenvalue weighted by atomic mass is 10.1. The quantitative estimate of drug-likeness (QED) is 0.516. The number of amides is 1. The lowest BCUT2D eigenvalue weighted by molar-refractivity contribution is 0.00527. The van der Waals surface area contributed by atoms with Crippen molar-refractivity contribution in [1.82, 2.24) is 20.2 Å². The molecule has 8 nitrogen and oxygen atoms in total. The van der Waals surface area contributed by atoms with E-state index in [1.54, 1.807) is 18.3 Å². The van der Waals surface area contributed by atoms with Crippen LogP contribution >= 0.6 is 0 Å². The highest BCUT2D eigenvalue weighted by atomic mass is 19.1. The van der Waals surface area contributed by atoms with E-state index in [1.807, 2.05) is 18.2 Å².